The number of aromatic nitrogens is 1. The Bertz CT molecular complexity index is 928. The number of nitrogens with one attached hydrogen (secondary N) is 2. The monoisotopic (exact) mass is 445 g/mol. The van der Waals surface area contributed by atoms with Gasteiger partial charge < -0.3 is 20.3 Å². The molecule has 1 aliphatic heterocycles. The summed E-state index contributed by atoms with van der Waals surface area (Å²) >= 11 is 12.3. The number of halogens is 3. The lowest BCUT2D eigenvalue weighted by molar-refractivity contribution is -0.139. The van der Waals surface area contributed by atoms with Gasteiger partial charge in [-0.1, -0.05) is 29.3 Å². The molecule has 2 atom stereocenters. The largest absolute Gasteiger partial charge is 0.480 e. The fourth-order valence-electron chi connectivity index (χ4n) is 2.98. The third kappa shape index (κ3) is 4.86. The average molecular weight is 447 g/mol. The van der Waals surface area contributed by atoms with E-state index >= 15 is 0 Å². The lowest BCUT2D eigenvalue weighted by atomic mass is 10.1. The first-order valence-corrected chi connectivity index (χ1v) is 9.02. The highest BCUT2D eigenvalue weighted by Gasteiger charge is 2.30. The van der Waals surface area contributed by atoms with E-state index in [0.717, 1.165) is 0 Å². The summed E-state index contributed by atoms with van der Waals surface area (Å²) in [6, 6.07) is 7.02. The lowest BCUT2D eigenvalue weighted by Gasteiger charge is -2.13. The summed E-state index contributed by atoms with van der Waals surface area (Å²) < 4.78 is 1.36. The molecular weight excluding hydrogens is 429 g/mol. The number of hydrogen-bond acceptors (Lipinski definition) is 4. The van der Waals surface area contributed by atoms with Gasteiger partial charge in [0, 0.05) is 34.4 Å². The standard InChI is InChI=1S/C18H17Cl2N3O4.ClH/c19-13-4-1-5-14(20)12(13)9-23-6-2-3-11(17(23)25)16(24)22-10-7-15(18(26)27)21-8-10;/h1-6,10,15,21H,7-9H2,(H,22,24)(H,26,27);1H/t10-,15-;/m0./s1. The lowest BCUT2D eigenvalue weighted by Crippen LogP contribution is -2.39. The van der Waals surface area contributed by atoms with Crippen molar-refractivity contribution in [1.29, 1.82) is 0 Å². The molecule has 150 valence electrons. The predicted octanol–water partition coefficient (Wildman–Crippen LogP) is 2.17. The second kappa shape index (κ2) is 9.43. The second-order valence-electron chi connectivity index (χ2n) is 6.26. The van der Waals surface area contributed by atoms with Crippen LogP contribution in [0.4, 0.5) is 0 Å². The Morgan fingerprint density at radius 1 is 1.21 bits per heavy atom. The zero-order valence-corrected chi connectivity index (χ0v) is 16.9. The molecule has 10 heteroatoms. The second-order valence-corrected chi connectivity index (χ2v) is 7.07. The van der Waals surface area contributed by atoms with Gasteiger partial charge in [-0.3, -0.25) is 14.4 Å². The summed E-state index contributed by atoms with van der Waals surface area (Å²) in [6.45, 7) is 0.462. The number of pyridine rings is 1. The fourth-order valence-corrected chi connectivity index (χ4v) is 3.50. The maximum absolute atomic E-state index is 12.7. The smallest absolute Gasteiger partial charge is 0.320 e. The summed E-state index contributed by atoms with van der Waals surface area (Å²) in [5.74, 6) is -1.51. The number of carboxylic acids is 1. The van der Waals surface area contributed by atoms with Crippen LogP contribution in [-0.2, 0) is 11.3 Å². The van der Waals surface area contributed by atoms with E-state index in [1.54, 1.807) is 30.5 Å². The number of carbonyl (C=O) groups is 2. The van der Waals surface area contributed by atoms with E-state index < -0.39 is 23.5 Å². The van der Waals surface area contributed by atoms with E-state index in [4.69, 9.17) is 28.3 Å². The molecule has 0 spiro atoms. The van der Waals surface area contributed by atoms with Crippen molar-refractivity contribution in [3.63, 3.8) is 0 Å². The van der Waals surface area contributed by atoms with Crippen molar-refractivity contribution < 1.29 is 14.7 Å². The van der Waals surface area contributed by atoms with Crippen LogP contribution in [0.1, 0.15) is 22.3 Å². The highest BCUT2D eigenvalue weighted by Crippen LogP contribution is 2.24. The molecule has 1 aliphatic rings. The molecule has 0 bridgehead atoms. The number of carboxylic acid groups (broad SMARTS) is 1. The van der Waals surface area contributed by atoms with Gasteiger partial charge in [0.25, 0.3) is 11.5 Å². The molecule has 0 unspecified atom stereocenters. The summed E-state index contributed by atoms with van der Waals surface area (Å²) in [4.78, 5) is 36.2. The molecule has 28 heavy (non-hydrogen) atoms. The number of benzene rings is 1. The minimum atomic E-state index is -0.967. The van der Waals surface area contributed by atoms with Crippen LogP contribution >= 0.6 is 35.6 Å². The molecule has 2 aromatic rings. The van der Waals surface area contributed by atoms with Crippen molar-refractivity contribution in [3.05, 3.63) is 68.1 Å². The van der Waals surface area contributed by atoms with E-state index in [9.17, 15) is 14.4 Å². The topological polar surface area (TPSA) is 100 Å². The minimum absolute atomic E-state index is 0. The van der Waals surface area contributed by atoms with Crippen molar-refractivity contribution in [1.82, 2.24) is 15.2 Å². The molecule has 1 amide bonds. The van der Waals surface area contributed by atoms with Gasteiger partial charge in [-0.25, -0.2) is 0 Å². The van der Waals surface area contributed by atoms with Gasteiger partial charge in [0.2, 0.25) is 0 Å². The van der Waals surface area contributed by atoms with E-state index in [1.165, 1.54) is 10.6 Å². The first kappa shape index (κ1) is 22.2. The van der Waals surface area contributed by atoms with E-state index in [0.29, 0.717) is 22.2 Å². The van der Waals surface area contributed by atoms with E-state index in [1.807, 2.05) is 0 Å². The molecule has 1 aromatic carbocycles. The van der Waals surface area contributed by atoms with Crippen LogP contribution in [0.3, 0.4) is 0 Å². The molecule has 0 aliphatic carbocycles. The van der Waals surface area contributed by atoms with Gasteiger partial charge in [0.1, 0.15) is 11.6 Å². The number of aliphatic carboxylic acids is 1. The molecule has 0 radical (unpaired) electrons. The molecular formula is C18H18Cl3N3O4. The van der Waals surface area contributed by atoms with E-state index in [-0.39, 0.29) is 37.0 Å². The van der Waals surface area contributed by atoms with Crippen molar-refractivity contribution in [3.8, 4) is 0 Å². The van der Waals surface area contributed by atoms with Gasteiger partial charge in [0.15, 0.2) is 0 Å². The van der Waals surface area contributed by atoms with Gasteiger partial charge >= 0.3 is 5.97 Å². The van der Waals surface area contributed by atoms with Crippen LogP contribution in [0.25, 0.3) is 0 Å². The van der Waals surface area contributed by atoms with Crippen LogP contribution in [0.2, 0.25) is 10.0 Å². The SMILES string of the molecule is Cl.O=C(N[C@@H]1CN[C@H](C(=O)O)C1)c1cccn(Cc2c(Cl)cccc2Cl)c1=O. The minimum Gasteiger partial charge on any atom is -0.480 e. The summed E-state index contributed by atoms with van der Waals surface area (Å²) in [5.41, 5.74) is 0.0796. The number of carbonyl (C=O) groups excluding carboxylic acids is 1. The van der Waals surface area contributed by atoms with Crippen LogP contribution in [-0.4, -0.2) is 40.2 Å². The maximum atomic E-state index is 12.7. The molecule has 3 rings (SSSR count). The molecule has 1 saturated heterocycles. The summed E-state index contributed by atoms with van der Waals surface area (Å²) in [5, 5.41) is 15.4. The van der Waals surface area contributed by atoms with Crippen molar-refractivity contribution in [2.24, 2.45) is 0 Å². The summed E-state index contributed by atoms with van der Waals surface area (Å²) in [6.07, 6.45) is 1.81. The van der Waals surface area contributed by atoms with Gasteiger partial charge in [0.05, 0.1) is 6.54 Å². The highest BCUT2D eigenvalue weighted by atomic mass is 35.5. The zero-order valence-electron chi connectivity index (χ0n) is 14.5. The van der Waals surface area contributed by atoms with Crippen LogP contribution < -0.4 is 16.2 Å². The van der Waals surface area contributed by atoms with E-state index in [2.05, 4.69) is 10.6 Å². The quantitative estimate of drug-likeness (QED) is 0.653. The van der Waals surface area contributed by atoms with Crippen LogP contribution in [0.5, 0.6) is 0 Å². The highest BCUT2D eigenvalue weighted by molar-refractivity contribution is 6.35. The molecule has 1 aromatic heterocycles. The van der Waals surface area contributed by atoms with Gasteiger partial charge in [-0.2, -0.15) is 0 Å². The molecule has 0 saturated carbocycles. The maximum Gasteiger partial charge on any atom is 0.320 e. The Labute approximate surface area is 177 Å². The van der Waals surface area contributed by atoms with Crippen molar-refractivity contribution in [2.75, 3.05) is 6.54 Å². The van der Waals surface area contributed by atoms with Gasteiger partial charge in [-0.05, 0) is 30.7 Å². The Hall–Kier alpha value is -2.06. The summed E-state index contributed by atoms with van der Waals surface area (Å²) in [7, 11) is 0. The fraction of sp³-hybridized carbons (Fsp3) is 0.278. The molecule has 3 N–H and O–H groups in total. The Balaban J connectivity index is 0.00000280. The normalized spacial score (nSPS) is 18.4. The first-order valence-electron chi connectivity index (χ1n) is 8.26. The average Bonchev–Trinajstić information content (AvgIpc) is 3.08. The molecule has 7 nitrogen and oxygen atoms in total. The number of amides is 1. The van der Waals surface area contributed by atoms with Crippen molar-refractivity contribution in [2.45, 2.75) is 25.0 Å². The van der Waals surface area contributed by atoms with Crippen molar-refractivity contribution >= 4 is 47.5 Å². The van der Waals surface area contributed by atoms with Crippen LogP contribution in [0, 0.1) is 0 Å². The Morgan fingerprint density at radius 3 is 2.50 bits per heavy atom. The zero-order chi connectivity index (χ0) is 19.6. The Kier molecular flexibility index (Phi) is 7.48. The molecule has 1 fully saturated rings. The molecule has 2 heterocycles. The third-order valence-electron chi connectivity index (χ3n) is 4.42. The Morgan fingerprint density at radius 2 is 1.89 bits per heavy atom. The van der Waals surface area contributed by atoms with Gasteiger partial charge in [-0.15, -0.1) is 12.4 Å². The first-order chi connectivity index (χ1) is 12.9. The number of nitrogens with zero attached hydrogens (tertiary/aromatic N) is 1. The van der Waals surface area contributed by atoms with Crippen LogP contribution in [0.15, 0.2) is 41.3 Å². The number of hydrogen-bond donors (Lipinski definition) is 3. The number of rotatable bonds is 5. The third-order valence-corrected chi connectivity index (χ3v) is 5.13. The predicted molar refractivity (Wildman–Crippen MR) is 109 cm³/mol.